The SMILES string of the molecule is Cc1cc(C(C)N)ccc1OC(F)(F)F. The molecule has 2 nitrogen and oxygen atoms in total. The number of rotatable bonds is 2. The van der Waals surface area contributed by atoms with Crippen LogP contribution in [-0.4, -0.2) is 6.36 Å². The molecule has 0 aliphatic rings. The first-order valence-electron chi connectivity index (χ1n) is 4.41. The average Bonchev–Trinajstić information content (AvgIpc) is 2.05. The van der Waals surface area contributed by atoms with Crippen LogP contribution in [0.4, 0.5) is 13.2 Å². The van der Waals surface area contributed by atoms with Gasteiger partial charge in [0, 0.05) is 6.04 Å². The van der Waals surface area contributed by atoms with E-state index in [-0.39, 0.29) is 11.8 Å². The molecule has 1 unspecified atom stereocenters. The van der Waals surface area contributed by atoms with E-state index in [2.05, 4.69) is 4.74 Å². The monoisotopic (exact) mass is 219 g/mol. The number of benzene rings is 1. The van der Waals surface area contributed by atoms with Crippen molar-refractivity contribution in [2.75, 3.05) is 0 Å². The van der Waals surface area contributed by atoms with Gasteiger partial charge in [0.2, 0.25) is 0 Å². The second kappa shape index (κ2) is 4.10. The number of hydrogen-bond acceptors (Lipinski definition) is 2. The summed E-state index contributed by atoms with van der Waals surface area (Å²) in [4.78, 5) is 0. The van der Waals surface area contributed by atoms with Crippen LogP contribution >= 0.6 is 0 Å². The molecule has 0 aliphatic carbocycles. The van der Waals surface area contributed by atoms with Crippen LogP contribution in [0, 0.1) is 6.92 Å². The van der Waals surface area contributed by atoms with E-state index < -0.39 is 6.36 Å². The van der Waals surface area contributed by atoms with Gasteiger partial charge in [-0.25, -0.2) is 0 Å². The first kappa shape index (κ1) is 11.8. The van der Waals surface area contributed by atoms with Gasteiger partial charge in [-0.05, 0) is 31.0 Å². The second-order valence-corrected chi connectivity index (χ2v) is 3.36. The molecule has 5 heteroatoms. The molecule has 0 fully saturated rings. The third-order valence-electron chi connectivity index (χ3n) is 1.95. The van der Waals surface area contributed by atoms with Crippen molar-refractivity contribution in [3.05, 3.63) is 29.3 Å². The molecule has 0 heterocycles. The van der Waals surface area contributed by atoms with Crippen LogP contribution in [0.2, 0.25) is 0 Å². The molecule has 0 bridgehead atoms. The van der Waals surface area contributed by atoms with Crippen LogP contribution in [0.15, 0.2) is 18.2 Å². The maximum absolute atomic E-state index is 11.9. The standard InChI is InChI=1S/C10H12F3NO/c1-6-5-8(7(2)14)3-4-9(6)15-10(11,12)13/h3-5,7H,14H2,1-2H3. The lowest BCUT2D eigenvalue weighted by Gasteiger charge is -2.13. The first-order valence-corrected chi connectivity index (χ1v) is 4.41. The highest BCUT2D eigenvalue weighted by Crippen LogP contribution is 2.27. The van der Waals surface area contributed by atoms with Gasteiger partial charge >= 0.3 is 6.36 Å². The van der Waals surface area contributed by atoms with Crippen molar-refractivity contribution in [3.63, 3.8) is 0 Å². The Kier molecular flexibility index (Phi) is 3.24. The lowest BCUT2D eigenvalue weighted by Crippen LogP contribution is -2.18. The highest BCUT2D eigenvalue weighted by molar-refractivity contribution is 5.37. The van der Waals surface area contributed by atoms with Crippen LogP contribution in [0.5, 0.6) is 5.75 Å². The molecular weight excluding hydrogens is 207 g/mol. The minimum absolute atomic E-state index is 0.188. The predicted octanol–water partition coefficient (Wildman–Crippen LogP) is 2.91. The van der Waals surface area contributed by atoms with Crippen molar-refractivity contribution in [2.45, 2.75) is 26.3 Å². The summed E-state index contributed by atoms with van der Waals surface area (Å²) in [5.74, 6) is -0.188. The van der Waals surface area contributed by atoms with Crippen LogP contribution in [-0.2, 0) is 0 Å². The number of ether oxygens (including phenoxy) is 1. The topological polar surface area (TPSA) is 35.2 Å². The van der Waals surface area contributed by atoms with E-state index in [0.717, 1.165) is 5.56 Å². The minimum Gasteiger partial charge on any atom is -0.406 e. The molecule has 1 aromatic carbocycles. The molecule has 1 atom stereocenters. The van der Waals surface area contributed by atoms with Crippen LogP contribution in [0.1, 0.15) is 24.1 Å². The Morgan fingerprint density at radius 2 is 1.93 bits per heavy atom. The van der Waals surface area contributed by atoms with Gasteiger partial charge in [0.1, 0.15) is 5.75 Å². The Labute approximate surface area is 85.8 Å². The van der Waals surface area contributed by atoms with E-state index in [9.17, 15) is 13.2 Å². The normalized spacial score (nSPS) is 13.7. The summed E-state index contributed by atoms with van der Waals surface area (Å²) in [5.41, 5.74) is 6.80. The van der Waals surface area contributed by atoms with E-state index in [4.69, 9.17) is 5.73 Å². The fourth-order valence-corrected chi connectivity index (χ4v) is 1.20. The largest absolute Gasteiger partial charge is 0.573 e. The lowest BCUT2D eigenvalue weighted by molar-refractivity contribution is -0.274. The maximum atomic E-state index is 11.9. The van der Waals surface area contributed by atoms with E-state index in [1.165, 1.54) is 12.1 Å². The van der Waals surface area contributed by atoms with Crippen LogP contribution < -0.4 is 10.5 Å². The Balaban J connectivity index is 2.94. The molecular formula is C10H12F3NO. The summed E-state index contributed by atoms with van der Waals surface area (Å²) in [7, 11) is 0. The molecule has 0 radical (unpaired) electrons. The van der Waals surface area contributed by atoms with Gasteiger partial charge in [0.05, 0.1) is 0 Å². The third-order valence-corrected chi connectivity index (χ3v) is 1.95. The molecule has 0 aromatic heterocycles. The summed E-state index contributed by atoms with van der Waals surface area (Å²) < 4.78 is 39.6. The Morgan fingerprint density at radius 1 is 1.33 bits per heavy atom. The summed E-state index contributed by atoms with van der Waals surface area (Å²) in [5, 5.41) is 0. The summed E-state index contributed by atoms with van der Waals surface area (Å²) in [6, 6.07) is 4.19. The highest BCUT2D eigenvalue weighted by atomic mass is 19.4. The third kappa shape index (κ3) is 3.43. The predicted molar refractivity (Wildman–Crippen MR) is 50.5 cm³/mol. The average molecular weight is 219 g/mol. The van der Waals surface area contributed by atoms with E-state index in [1.807, 2.05) is 0 Å². The molecule has 15 heavy (non-hydrogen) atoms. The zero-order valence-corrected chi connectivity index (χ0v) is 8.43. The summed E-state index contributed by atoms with van der Waals surface area (Å²) >= 11 is 0. The Hall–Kier alpha value is -1.23. The van der Waals surface area contributed by atoms with Gasteiger partial charge < -0.3 is 10.5 Å². The molecule has 84 valence electrons. The van der Waals surface area contributed by atoms with Crippen molar-refractivity contribution in [2.24, 2.45) is 5.73 Å². The number of aryl methyl sites for hydroxylation is 1. The van der Waals surface area contributed by atoms with E-state index >= 15 is 0 Å². The fourth-order valence-electron chi connectivity index (χ4n) is 1.20. The Morgan fingerprint density at radius 3 is 2.33 bits per heavy atom. The van der Waals surface area contributed by atoms with Gasteiger partial charge in [-0.2, -0.15) is 0 Å². The zero-order chi connectivity index (χ0) is 11.6. The number of halogens is 3. The van der Waals surface area contributed by atoms with Crippen LogP contribution in [0.25, 0.3) is 0 Å². The summed E-state index contributed by atoms with van der Waals surface area (Å²) in [6.45, 7) is 3.31. The summed E-state index contributed by atoms with van der Waals surface area (Å²) in [6.07, 6.45) is -4.65. The van der Waals surface area contributed by atoms with E-state index in [0.29, 0.717) is 5.56 Å². The molecule has 0 amide bonds. The van der Waals surface area contributed by atoms with Gasteiger partial charge in [0.15, 0.2) is 0 Å². The van der Waals surface area contributed by atoms with Gasteiger partial charge in [-0.3, -0.25) is 0 Å². The fraction of sp³-hybridized carbons (Fsp3) is 0.400. The van der Waals surface area contributed by atoms with Crippen molar-refractivity contribution >= 4 is 0 Å². The van der Waals surface area contributed by atoms with E-state index in [1.54, 1.807) is 19.9 Å². The number of alkyl halides is 3. The lowest BCUT2D eigenvalue weighted by atomic mass is 10.1. The molecule has 0 spiro atoms. The first-order chi connectivity index (χ1) is 6.79. The molecule has 0 aliphatic heterocycles. The zero-order valence-electron chi connectivity index (χ0n) is 8.43. The number of hydrogen-bond donors (Lipinski definition) is 1. The molecule has 0 saturated carbocycles. The van der Waals surface area contributed by atoms with Gasteiger partial charge in [0.25, 0.3) is 0 Å². The van der Waals surface area contributed by atoms with Crippen molar-refractivity contribution in [1.82, 2.24) is 0 Å². The second-order valence-electron chi connectivity index (χ2n) is 3.36. The van der Waals surface area contributed by atoms with Gasteiger partial charge in [-0.1, -0.05) is 12.1 Å². The minimum atomic E-state index is -4.65. The smallest absolute Gasteiger partial charge is 0.406 e. The van der Waals surface area contributed by atoms with Crippen molar-refractivity contribution < 1.29 is 17.9 Å². The highest BCUT2D eigenvalue weighted by Gasteiger charge is 2.31. The molecule has 1 rings (SSSR count). The van der Waals surface area contributed by atoms with Crippen molar-refractivity contribution in [1.29, 1.82) is 0 Å². The molecule has 2 N–H and O–H groups in total. The maximum Gasteiger partial charge on any atom is 0.573 e. The van der Waals surface area contributed by atoms with Crippen LogP contribution in [0.3, 0.4) is 0 Å². The Bertz CT molecular complexity index is 347. The molecule has 0 saturated heterocycles. The quantitative estimate of drug-likeness (QED) is 0.830. The van der Waals surface area contributed by atoms with Crippen molar-refractivity contribution in [3.8, 4) is 5.75 Å². The molecule has 1 aromatic rings. The van der Waals surface area contributed by atoms with Gasteiger partial charge in [-0.15, -0.1) is 13.2 Å². The number of nitrogens with two attached hydrogens (primary N) is 1.